The largest absolute Gasteiger partial charge is 0.492 e. The number of amides is 1. The van der Waals surface area contributed by atoms with Crippen LogP contribution in [0.25, 0.3) is 0 Å². The Morgan fingerprint density at radius 1 is 1.16 bits per heavy atom. The van der Waals surface area contributed by atoms with Gasteiger partial charge >= 0.3 is 0 Å². The lowest BCUT2D eigenvalue weighted by Crippen LogP contribution is -2.29. The molecule has 5 nitrogen and oxygen atoms in total. The third-order valence-corrected chi connectivity index (χ3v) is 3.97. The van der Waals surface area contributed by atoms with Crippen molar-refractivity contribution in [2.75, 3.05) is 11.9 Å². The summed E-state index contributed by atoms with van der Waals surface area (Å²) in [6.45, 7) is 5.96. The molecule has 0 aliphatic heterocycles. The van der Waals surface area contributed by atoms with Crippen LogP contribution < -0.4 is 10.1 Å². The van der Waals surface area contributed by atoms with E-state index in [-0.39, 0.29) is 0 Å². The molecule has 2 aromatic rings. The highest BCUT2D eigenvalue weighted by atomic mass is 16.5. The van der Waals surface area contributed by atoms with Crippen LogP contribution in [0.15, 0.2) is 42.5 Å². The Bertz CT molecular complexity index is 837. The molecule has 0 heterocycles. The zero-order valence-corrected chi connectivity index (χ0v) is 14.5. The molecule has 25 heavy (non-hydrogen) atoms. The van der Waals surface area contributed by atoms with Gasteiger partial charge in [-0.05, 0) is 44.0 Å². The molecule has 0 bridgehead atoms. The molecule has 1 amide bonds. The molecular weight excluding hydrogens is 316 g/mol. The SMILES string of the molecule is CCOc1ccccc1NC(=O)[C@H](C#N)C(=O)c1cccc(C)c1C. The second-order valence-corrected chi connectivity index (χ2v) is 5.59. The van der Waals surface area contributed by atoms with E-state index in [1.807, 2.05) is 26.0 Å². The van der Waals surface area contributed by atoms with Crippen molar-refractivity contribution in [3.63, 3.8) is 0 Å². The predicted octanol–water partition coefficient (Wildman–Crippen LogP) is 3.66. The molecule has 2 rings (SSSR count). The molecular formula is C20H20N2O3. The number of aryl methyl sites for hydroxylation is 1. The summed E-state index contributed by atoms with van der Waals surface area (Å²) in [7, 11) is 0. The summed E-state index contributed by atoms with van der Waals surface area (Å²) in [5.74, 6) is -2.10. The number of Topliss-reactive ketones (excluding diaryl/α,β-unsaturated/α-hetero) is 1. The minimum atomic E-state index is -1.42. The van der Waals surface area contributed by atoms with Gasteiger partial charge in [-0.15, -0.1) is 0 Å². The van der Waals surface area contributed by atoms with E-state index in [9.17, 15) is 14.9 Å². The number of benzene rings is 2. The van der Waals surface area contributed by atoms with Crippen molar-refractivity contribution in [3.8, 4) is 11.8 Å². The molecule has 1 N–H and O–H groups in total. The van der Waals surface area contributed by atoms with Crippen molar-refractivity contribution < 1.29 is 14.3 Å². The summed E-state index contributed by atoms with van der Waals surface area (Å²) in [4.78, 5) is 25.2. The van der Waals surface area contributed by atoms with E-state index < -0.39 is 17.6 Å². The molecule has 0 unspecified atom stereocenters. The average Bonchev–Trinajstić information content (AvgIpc) is 2.60. The quantitative estimate of drug-likeness (QED) is 0.645. The van der Waals surface area contributed by atoms with Crippen molar-refractivity contribution in [1.29, 1.82) is 5.26 Å². The number of carbonyl (C=O) groups excluding carboxylic acids is 2. The van der Waals surface area contributed by atoms with E-state index in [2.05, 4.69) is 5.32 Å². The topological polar surface area (TPSA) is 79.2 Å². The summed E-state index contributed by atoms with van der Waals surface area (Å²) in [6.07, 6.45) is 0. The normalized spacial score (nSPS) is 11.3. The lowest BCUT2D eigenvalue weighted by Gasteiger charge is -2.14. The van der Waals surface area contributed by atoms with Gasteiger partial charge in [0.25, 0.3) is 0 Å². The maximum Gasteiger partial charge on any atom is 0.249 e. The van der Waals surface area contributed by atoms with Gasteiger partial charge < -0.3 is 10.1 Å². The van der Waals surface area contributed by atoms with Gasteiger partial charge in [-0.3, -0.25) is 9.59 Å². The van der Waals surface area contributed by atoms with E-state index in [4.69, 9.17) is 4.74 Å². The molecule has 2 aromatic carbocycles. The van der Waals surface area contributed by atoms with Crippen molar-refractivity contribution in [1.82, 2.24) is 0 Å². The molecule has 0 saturated carbocycles. The van der Waals surface area contributed by atoms with Gasteiger partial charge in [0, 0.05) is 5.56 Å². The van der Waals surface area contributed by atoms with Crippen LogP contribution >= 0.6 is 0 Å². The van der Waals surface area contributed by atoms with Gasteiger partial charge in [0.2, 0.25) is 5.91 Å². The Morgan fingerprint density at radius 2 is 1.88 bits per heavy atom. The van der Waals surface area contributed by atoms with Crippen LogP contribution in [0.1, 0.15) is 28.4 Å². The van der Waals surface area contributed by atoms with E-state index in [0.717, 1.165) is 11.1 Å². The Labute approximate surface area is 147 Å². The molecule has 0 spiro atoms. The van der Waals surface area contributed by atoms with Gasteiger partial charge in [0.05, 0.1) is 18.4 Å². The number of carbonyl (C=O) groups is 2. The second kappa shape index (κ2) is 8.11. The highest BCUT2D eigenvalue weighted by Gasteiger charge is 2.29. The van der Waals surface area contributed by atoms with Gasteiger partial charge in [-0.1, -0.05) is 30.3 Å². The average molecular weight is 336 g/mol. The lowest BCUT2D eigenvalue weighted by atomic mass is 9.92. The zero-order chi connectivity index (χ0) is 18.4. The molecule has 0 aliphatic carbocycles. The molecule has 1 atom stereocenters. The maximum atomic E-state index is 12.7. The first-order valence-corrected chi connectivity index (χ1v) is 8.02. The van der Waals surface area contributed by atoms with Crippen LogP contribution in [-0.2, 0) is 4.79 Å². The number of anilines is 1. The van der Waals surface area contributed by atoms with E-state index >= 15 is 0 Å². The monoisotopic (exact) mass is 336 g/mol. The van der Waals surface area contributed by atoms with Crippen molar-refractivity contribution in [3.05, 3.63) is 59.2 Å². The lowest BCUT2D eigenvalue weighted by molar-refractivity contribution is -0.117. The number of hydrogen-bond acceptors (Lipinski definition) is 4. The first-order valence-electron chi connectivity index (χ1n) is 8.02. The fourth-order valence-corrected chi connectivity index (χ4v) is 2.47. The van der Waals surface area contributed by atoms with Crippen LogP contribution in [0.4, 0.5) is 5.69 Å². The summed E-state index contributed by atoms with van der Waals surface area (Å²) < 4.78 is 5.45. The van der Waals surface area contributed by atoms with Crippen LogP contribution in [-0.4, -0.2) is 18.3 Å². The molecule has 0 fully saturated rings. The van der Waals surface area contributed by atoms with Crippen molar-refractivity contribution in [2.24, 2.45) is 5.92 Å². The third-order valence-electron chi connectivity index (χ3n) is 3.97. The predicted molar refractivity (Wildman–Crippen MR) is 95.6 cm³/mol. The molecule has 0 aromatic heterocycles. The number of ketones is 1. The van der Waals surface area contributed by atoms with Gasteiger partial charge in [-0.25, -0.2) is 0 Å². The second-order valence-electron chi connectivity index (χ2n) is 5.59. The highest BCUT2D eigenvalue weighted by molar-refractivity contribution is 6.16. The van der Waals surface area contributed by atoms with Crippen LogP contribution in [0, 0.1) is 31.1 Å². The van der Waals surface area contributed by atoms with Crippen LogP contribution in [0.2, 0.25) is 0 Å². The minimum Gasteiger partial charge on any atom is -0.492 e. The van der Waals surface area contributed by atoms with Crippen molar-refractivity contribution in [2.45, 2.75) is 20.8 Å². The standard InChI is InChI=1S/C20H20N2O3/c1-4-25-18-11-6-5-10-17(18)22-20(24)16(12-21)19(23)15-9-7-8-13(2)14(15)3/h5-11,16H,4H2,1-3H3,(H,22,24)/t16-/m1/s1. The molecule has 0 radical (unpaired) electrons. The number of ether oxygens (including phenoxy) is 1. The van der Waals surface area contributed by atoms with E-state index in [1.165, 1.54) is 0 Å². The number of nitriles is 1. The van der Waals surface area contributed by atoms with E-state index in [1.54, 1.807) is 43.3 Å². The summed E-state index contributed by atoms with van der Waals surface area (Å²) in [5.41, 5.74) is 2.53. The fourth-order valence-electron chi connectivity index (χ4n) is 2.47. The van der Waals surface area contributed by atoms with Gasteiger partial charge in [0.1, 0.15) is 5.75 Å². The molecule has 5 heteroatoms. The van der Waals surface area contributed by atoms with Crippen LogP contribution in [0.3, 0.4) is 0 Å². The Kier molecular flexibility index (Phi) is 5.91. The highest BCUT2D eigenvalue weighted by Crippen LogP contribution is 2.25. The van der Waals surface area contributed by atoms with Gasteiger partial charge in [0.15, 0.2) is 11.7 Å². The van der Waals surface area contributed by atoms with Crippen LogP contribution in [0.5, 0.6) is 5.75 Å². The molecule has 128 valence electrons. The number of rotatable bonds is 6. The third kappa shape index (κ3) is 4.04. The molecule has 0 saturated heterocycles. The first kappa shape index (κ1) is 18.2. The summed E-state index contributed by atoms with van der Waals surface area (Å²) in [5, 5.41) is 12.0. The van der Waals surface area contributed by atoms with Crippen molar-refractivity contribution >= 4 is 17.4 Å². The first-order chi connectivity index (χ1) is 12.0. The summed E-state index contributed by atoms with van der Waals surface area (Å²) in [6, 6.07) is 14.0. The Hall–Kier alpha value is -3.13. The fraction of sp³-hybridized carbons (Fsp3) is 0.250. The Morgan fingerprint density at radius 3 is 2.56 bits per heavy atom. The Balaban J connectivity index is 2.26. The number of para-hydroxylation sites is 2. The van der Waals surface area contributed by atoms with Gasteiger partial charge in [-0.2, -0.15) is 5.26 Å². The molecule has 0 aliphatic rings. The number of hydrogen-bond donors (Lipinski definition) is 1. The zero-order valence-electron chi connectivity index (χ0n) is 14.5. The smallest absolute Gasteiger partial charge is 0.249 e. The minimum absolute atomic E-state index is 0.389. The van der Waals surface area contributed by atoms with E-state index in [0.29, 0.717) is 23.6 Å². The summed E-state index contributed by atoms with van der Waals surface area (Å²) >= 11 is 0. The number of nitrogens with zero attached hydrogens (tertiary/aromatic N) is 1. The number of nitrogens with one attached hydrogen (secondary N) is 1. The maximum absolute atomic E-state index is 12.7.